The Labute approximate surface area is 137 Å². The molecule has 23 heavy (non-hydrogen) atoms. The lowest BCUT2D eigenvalue weighted by atomic mass is 10.1. The molecule has 1 N–H and O–H groups in total. The van der Waals surface area contributed by atoms with Gasteiger partial charge in [0.2, 0.25) is 5.91 Å². The third-order valence-electron chi connectivity index (χ3n) is 4.84. The standard InChI is InChI=1S/C17H25N3O3/c1-12-5-6-16(21)14(18-12)11-20-10-13(23-2)9-15(20)17(22)19-7-3-4-8-19/h5-6,13,15,21H,3-4,7-11H2,1-2H3/t13-,15-/m0/s1. The molecule has 0 aliphatic carbocycles. The van der Waals surface area contributed by atoms with Gasteiger partial charge in [0.25, 0.3) is 0 Å². The Morgan fingerprint density at radius 3 is 2.83 bits per heavy atom. The average Bonchev–Trinajstić information content (AvgIpc) is 3.20. The fourth-order valence-corrected chi connectivity index (χ4v) is 3.52. The fraction of sp³-hybridized carbons (Fsp3) is 0.647. The molecule has 1 aromatic heterocycles. The van der Waals surface area contributed by atoms with Crippen LogP contribution in [0.5, 0.6) is 5.75 Å². The molecule has 0 bridgehead atoms. The van der Waals surface area contributed by atoms with E-state index < -0.39 is 0 Å². The van der Waals surface area contributed by atoms with E-state index in [2.05, 4.69) is 9.88 Å². The number of carbonyl (C=O) groups excluding carboxylic acids is 1. The summed E-state index contributed by atoms with van der Waals surface area (Å²) in [6, 6.07) is 3.27. The summed E-state index contributed by atoms with van der Waals surface area (Å²) in [4.78, 5) is 21.3. The number of amides is 1. The Kier molecular flexibility index (Phi) is 4.82. The van der Waals surface area contributed by atoms with Crippen molar-refractivity contribution in [2.24, 2.45) is 0 Å². The summed E-state index contributed by atoms with van der Waals surface area (Å²) in [5, 5.41) is 10.0. The van der Waals surface area contributed by atoms with E-state index >= 15 is 0 Å². The molecule has 3 rings (SSSR count). The predicted molar refractivity (Wildman–Crippen MR) is 86.1 cm³/mol. The van der Waals surface area contributed by atoms with Crippen LogP contribution in [0.1, 0.15) is 30.7 Å². The SMILES string of the molecule is CO[C@H]1C[C@@H](C(=O)N2CCCC2)N(Cc2nc(C)ccc2O)C1. The largest absolute Gasteiger partial charge is 0.506 e. The van der Waals surface area contributed by atoms with Crippen LogP contribution in [0.15, 0.2) is 12.1 Å². The molecule has 0 unspecified atom stereocenters. The minimum atomic E-state index is -0.181. The predicted octanol–water partition coefficient (Wildman–Crippen LogP) is 1.31. The normalized spacial score (nSPS) is 25.2. The van der Waals surface area contributed by atoms with Gasteiger partial charge < -0.3 is 14.7 Å². The van der Waals surface area contributed by atoms with Gasteiger partial charge in [0.1, 0.15) is 5.75 Å². The summed E-state index contributed by atoms with van der Waals surface area (Å²) in [7, 11) is 1.69. The van der Waals surface area contributed by atoms with E-state index in [4.69, 9.17) is 4.74 Å². The van der Waals surface area contributed by atoms with Crippen LogP contribution in [0.3, 0.4) is 0 Å². The van der Waals surface area contributed by atoms with E-state index in [0.717, 1.165) is 31.6 Å². The van der Waals surface area contributed by atoms with Gasteiger partial charge in [0.15, 0.2) is 0 Å². The molecule has 0 saturated carbocycles. The molecule has 0 aromatic carbocycles. The van der Waals surface area contributed by atoms with Crippen LogP contribution in [-0.2, 0) is 16.1 Å². The number of ether oxygens (including phenoxy) is 1. The van der Waals surface area contributed by atoms with Gasteiger partial charge in [-0.25, -0.2) is 0 Å². The van der Waals surface area contributed by atoms with Crippen LogP contribution in [0.4, 0.5) is 0 Å². The Hall–Kier alpha value is -1.66. The molecular weight excluding hydrogens is 294 g/mol. The molecule has 6 nitrogen and oxygen atoms in total. The second kappa shape index (κ2) is 6.84. The van der Waals surface area contributed by atoms with Gasteiger partial charge in [-0.3, -0.25) is 14.7 Å². The second-order valence-corrected chi connectivity index (χ2v) is 6.49. The minimum Gasteiger partial charge on any atom is -0.506 e. The molecule has 1 aromatic rings. The molecule has 0 spiro atoms. The highest BCUT2D eigenvalue weighted by molar-refractivity contribution is 5.82. The summed E-state index contributed by atoms with van der Waals surface area (Å²) in [6.07, 6.45) is 2.94. The number of methoxy groups -OCH3 is 1. The second-order valence-electron chi connectivity index (χ2n) is 6.49. The van der Waals surface area contributed by atoms with Crippen molar-refractivity contribution in [3.05, 3.63) is 23.5 Å². The molecule has 2 atom stereocenters. The molecule has 2 fully saturated rings. The first-order valence-corrected chi connectivity index (χ1v) is 8.29. The van der Waals surface area contributed by atoms with Gasteiger partial charge in [-0.2, -0.15) is 0 Å². The van der Waals surface area contributed by atoms with Crippen molar-refractivity contribution >= 4 is 5.91 Å². The number of rotatable bonds is 4. The number of aromatic nitrogens is 1. The van der Waals surface area contributed by atoms with E-state index in [-0.39, 0.29) is 23.8 Å². The van der Waals surface area contributed by atoms with Gasteiger partial charge in [0.05, 0.1) is 17.8 Å². The van der Waals surface area contributed by atoms with Gasteiger partial charge in [-0.05, 0) is 38.3 Å². The number of pyridine rings is 1. The molecular formula is C17H25N3O3. The first-order chi connectivity index (χ1) is 11.1. The Morgan fingerprint density at radius 2 is 2.13 bits per heavy atom. The molecule has 2 aliphatic rings. The van der Waals surface area contributed by atoms with Crippen LogP contribution in [0, 0.1) is 6.92 Å². The van der Waals surface area contributed by atoms with E-state index in [0.29, 0.717) is 25.2 Å². The maximum absolute atomic E-state index is 12.8. The van der Waals surface area contributed by atoms with Crippen LogP contribution in [-0.4, -0.2) is 64.7 Å². The highest BCUT2D eigenvalue weighted by Crippen LogP contribution is 2.27. The smallest absolute Gasteiger partial charge is 0.240 e. The molecule has 2 saturated heterocycles. The van der Waals surface area contributed by atoms with Crippen LogP contribution < -0.4 is 0 Å². The molecule has 2 aliphatic heterocycles. The van der Waals surface area contributed by atoms with Crippen molar-refractivity contribution in [2.75, 3.05) is 26.7 Å². The van der Waals surface area contributed by atoms with E-state index in [9.17, 15) is 9.90 Å². The summed E-state index contributed by atoms with van der Waals surface area (Å²) in [6.45, 7) is 4.77. The number of aromatic hydroxyl groups is 1. The quantitative estimate of drug-likeness (QED) is 0.906. The number of likely N-dealkylation sites (tertiary alicyclic amines) is 2. The van der Waals surface area contributed by atoms with Crippen molar-refractivity contribution in [1.82, 2.24) is 14.8 Å². The zero-order chi connectivity index (χ0) is 16.4. The number of hydrogen-bond acceptors (Lipinski definition) is 5. The highest BCUT2D eigenvalue weighted by atomic mass is 16.5. The Balaban J connectivity index is 1.77. The van der Waals surface area contributed by atoms with E-state index in [1.165, 1.54) is 0 Å². The maximum atomic E-state index is 12.8. The van der Waals surface area contributed by atoms with Gasteiger partial charge in [-0.1, -0.05) is 0 Å². The van der Waals surface area contributed by atoms with Crippen LogP contribution in [0.2, 0.25) is 0 Å². The lowest BCUT2D eigenvalue weighted by molar-refractivity contribution is -0.135. The number of hydrogen-bond donors (Lipinski definition) is 1. The number of carbonyl (C=O) groups is 1. The van der Waals surface area contributed by atoms with E-state index in [1.807, 2.05) is 11.8 Å². The monoisotopic (exact) mass is 319 g/mol. The number of nitrogens with zero attached hydrogens (tertiary/aromatic N) is 3. The van der Waals surface area contributed by atoms with Crippen molar-refractivity contribution in [2.45, 2.75) is 44.9 Å². The molecule has 3 heterocycles. The molecule has 0 radical (unpaired) electrons. The van der Waals surface area contributed by atoms with Gasteiger partial charge >= 0.3 is 0 Å². The molecule has 1 amide bonds. The first-order valence-electron chi connectivity index (χ1n) is 8.29. The summed E-state index contributed by atoms with van der Waals surface area (Å²) in [5.74, 6) is 0.373. The zero-order valence-corrected chi connectivity index (χ0v) is 13.9. The highest BCUT2D eigenvalue weighted by Gasteiger charge is 2.39. The molecule has 126 valence electrons. The van der Waals surface area contributed by atoms with E-state index in [1.54, 1.807) is 19.2 Å². The van der Waals surface area contributed by atoms with Crippen LogP contribution >= 0.6 is 0 Å². The van der Waals surface area contributed by atoms with Crippen LogP contribution in [0.25, 0.3) is 0 Å². The van der Waals surface area contributed by atoms with Gasteiger partial charge in [0, 0.05) is 39.0 Å². The van der Waals surface area contributed by atoms with Gasteiger partial charge in [-0.15, -0.1) is 0 Å². The average molecular weight is 319 g/mol. The van der Waals surface area contributed by atoms with Crippen molar-refractivity contribution < 1.29 is 14.6 Å². The lowest BCUT2D eigenvalue weighted by Crippen LogP contribution is -2.44. The first kappa shape index (κ1) is 16.2. The van der Waals surface area contributed by atoms with Crippen molar-refractivity contribution in [1.29, 1.82) is 0 Å². The third-order valence-corrected chi connectivity index (χ3v) is 4.84. The minimum absolute atomic E-state index is 0.0542. The zero-order valence-electron chi connectivity index (χ0n) is 13.9. The van der Waals surface area contributed by atoms with Crippen molar-refractivity contribution in [3.8, 4) is 5.75 Å². The van der Waals surface area contributed by atoms with Crippen molar-refractivity contribution in [3.63, 3.8) is 0 Å². The Bertz CT molecular complexity index is 572. The summed E-state index contributed by atoms with van der Waals surface area (Å²) >= 11 is 0. The summed E-state index contributed by atoms with van der Waals surface area (Å²) < 4.78 is 5.48. The molecule has 6 heteroatoms. The summed E-state index contributed by atoms with van der Waals surface area (Å²) in [5.41, 5.74) is 1.49. The fourth-order valence-electron chi connectivity index (χ4n) is 3.52. The topological polar surface area (TPSA) is 65.9 Å². The lowest BCUT2D eigenvalue weighted by Gasteiger charge is -2.27. The maximum Gasteiger partial charge on any atom is 0.240 e. The third kappa shape index (κ3) is 3.48. The Morgan fingerprint density at radius 1 is 1.39 bits per heavy atom. The number of aryl methyl sites for hydroxylation is 1.